The van der Waals surface area contributed by atoms with Gasteiger partial charge >= 0.3 is 0 Å². The van der Waals surface area contributed by atoms with Crippen LogP contribution in [-0.4, -0.2) is 20.7 Å². The van der Waals surface area contributed by atoms with Gasteiger partial charge in [0.1, 0.15) is 0 Å². The molecule has 1 amide bonds. The Labute approximate surface area is 128 Å². The molecule has 3 aromatic rings. The zero-order valence-electron chi connectivity index (χ0n) is 12.2. The number of rotatable bonds is 4. The van der Waals surface area contributed by atoms with Crippen LogP contribution < -0.4 is 5.32 Å². The number of aryl methyl sites for hydroxylation is 1. The monoisotopic (exact) mass is 292 g/mol. The molecule has 0 spiro atoms. The van der Waals surface area contributed by atoms with Crippen molar-refractivity contribution in [3.8, 4) is 0 Å². The standard InChI is InChI=1S/C17H16N4O/c1-13-3-2-4-14(11-13)12-21-10-7-16(20-21)19-17(22)15-5-8-18-9-6-15/h2-11H,12H2,1H3,(H,19,20,22). The van der Waals surface area contributed by atoms with E-state index in [2.05, 4.69) is 40.5 Å². The molecule has 0 aliphatic carbocycles. The first-order valence-electron chi connectivity index (χ1n) is 7.01. The van der Waals surface area contributed by atoms with E-state index in [0.717, 1.165) is 0 Å². The van der Waals surface area contributed by atoms with E-state index in [0.29, 0.717) is 17.9 Å². The molecular weight excluding hydrogens is 276 g/mol. The topological polar surface area (TPSA) is 59.8 Å². The Morgan fingerprint density at radius 2 is 2.00 bits per heavy atom. The van der Waals surface area contributed by atoms with Crippen LogP contribution in [0.15, 0.2) is 61.1 Å². The van der Waals surface area contributed by atoms with Crippen molar-refractivity contribution in [2.75, 3.05) is 5.32 Å². The number of hydrogen-bond acceptors (Lipinski definition) is 3. The molecule has 0 unspecified atom stereocenters. The number of aromatic nitrogens is 3. The Hall–Kier alpha value is -2.95. The number of pyridine rings is 1. The van der Waals surface area contributed by atoms with E-state index >= 15 is 0 Å². The summed E-state index contributed by atoms with van der Waals surface area (Å²) in [6, 6.07) is 13.4. The first-order valence-corrected chi connectivity index (χ1v) is 7.01. The lowest BCUT2D eigenvalue weighted by molar-refractivity contribution is 0.102. The average Bonchev–Trinajstić information content (AvgIpc) is 2.95. The van der Waals surface area contributed by atoms with Crippen LogP contribution in [0.2, 0.25) is 0 Å². The third-order valence-corrected chi connectivity index (χ3v) is 3.25. The molecule has 5 nitrogen and oxygen atoms in total. The minimum absolute atomic E-state index is 0.191. The van der Waals surface area contributed by atoms with Gasteiger partial charge < -0.3 is 5.32 Å². The van der Waals surface area contributed by atoms with Gasteiger partial charge in [0.2, 0.25) is 0 Å². The highest BCUT2D eigenvalue weighted by atomic mass is 16.1. The number of nitrogens with one attached hydrogen (secondary N) is 1. The van der Waals surface area contributed by atoms with Crippen molar-refractivity contribution >= 4 is 11.7 Å². The molecular formula is C17H16N4O. The van der Waals surface area contributed by atoms with Crippen molar-refractivity contribution in [3.63, 3.8) is 0 Å². The van der Waals surface area contributed by atoms with Crippen molar-refractivity contribution in [3.05, 3.63) is 77.7 Å². The van der Waals surface area contributed by atoms with Gasteiger partial charge in [0, 0.05) is 30.2 Å². The van der Waals surface area contributed by atoms with Gasteiger partial charge in [-0.15, -0.1) is 0 Å². The molecule has 2 aromatic heterocycles. The highest BCUT2D eigenvalue weighted by Crippen LogP contribution is 2.09. The largest absolute Gasteiger partial charge is 0.305 e. The summed E-state index contributed by atoms with van der Waals surface area (Å²) in [5, 5.41) is 7.15. The van der Waals surface area contributed by atoms with E-state index in [9.17, 15) is 4.79 Å². The second-order valence-corrected chi connectivity index (χ2v) is 5.08. The lowest BCUT2D eigenvalue weighted by Gasteiger charge is -2.04. The molecule has 0 aliphatic rings. The van der Waals surface area contributed by atoms with Crippen LogP contribution in [0, 0.1) is 6.92 Å². The molecule has 1 N–H and O–H groups in total. The highest BCUT2D eigenvalue weighted by molar-refractivity contribution is 6.03. The SMILES string of the molecule is Cc1cccc(Cn2ccc(NC(=O)c3ccncc3)n2)c1. The van der Waals surface area contributed by atoms with E-state index in [-0.39, 0.29) is 5.91 Å². The lowest BCUT2D eigenvalue weighted by Crippen LogP contribution is -2.12. The molecule has 0 aliphatic heterocycles. The smallest absolute Gasteiger partial charge is 0.256 e. The number of nitrogens with zero attached hydrogens (tertiary/aromatic N) is 3. The molecule has 0 atom stereocenters. The Bertz CT molecular complexity index is 780. The molecule has 0 saturated carbocycles. The molecule has 0 radical (unpaired) electrons. The van der Waals surface area contributed by atoms with E-state index in [4.69, 9.17) is 0 Å². The second-order valence-electron chi connectivity index (χ2n) is 5.08. The maximum atomic E-state index is 12.0. The van der Waals surface area contributed by atoms with Crippen molar-refractivity contribution in [1.29, 1.82) is 0 Å². The van der Waals surface area contributed by atoms with Gasteiger partial charge in [0.15, 0.2) is 5.82 Å². The Kier molecular flexibility index (Phi) is 3.96. The van der Waals surface area contributed by atoms with Gasteiger partial charge in [-0.25, -0.2) is 0 Å². The van der Waals surface area contributed by atoms with Gasteiger partial charge in [-0.05, 0) is 24.6 Å². The van der Waals surface area contributed by atoms with Gasteiger partial charge in [-0.2, -0.15) is 5.10 Å². The zero-order valence-corrected chi connectivity index (χ0v) is 12.2. The summed E-state index contributed by atoms with van der Waals surface area (Å²) in [7, 11) is 0. The van der Waals surface area contributed by atoms with Gasteiger partial charge in [-0.3, -0.25) is 14.5 Å². The van der Waals surface area contributed by atoms with Crippen molar-refractivity contribution in [2.24, 2.45) is 0 Å². The summed E-state index contributed by atoms with van der Waals surface area (Å²) in [5.41, 5.74) is 2.95. The van der Waals surface area contributed by atoms with E-state index in [1.165, 1.54) is 11.1 Å². The minimum atomic E-state index is -0.191. The van der Waals surface area contributed by atoms with E-state index in [1.807, 2.05) is 12.3 Å². The summed E-state index contributed by atoms with van der Waals surface area (Å²) >= 11 is 0. The predicted molar refractivity (Wildman–Crippen MR) is 84.7 cm³/mol. The second kappa shape index (κ2) is 6.22. The minimum Gasteiger partial charge on any atom is -0.305 e. The molecule has 3 rings (SSSR count). The predicted octanol–water partition coefficient (Wildman–Crippen LogP) is 2.89. The lowest BCUT2D eigenvalue weighted by atomic mass is 10.1. The van der Waals surface area contributed by atoms with E-state index in [1.54, 1.807) is 35.3 Å². The summed E-state index contributed by atoms with van der Waals surface area (Å²) in [6.45, 7) is 2.74. The number of anilines is 1. The fourth-order valence-electron chi connectivity index (χ4n) is 2.21. The first-order chi connectivity index (χ1) is 10.7. The summed E-state index contributed by atoms with van der Waals surface area (Å²) < 4.78 is 1.80. The Morgan fingerprint density at radius 3 is 2.77 bits per heavy atom. The fraction of sp³-hybridized carbons (Fsp3) is 0.118. The molecule has 0 fully saturated rings. The summed E-state index contributed by atoms with van der Waals surface area (Å²) in [5.74, 6) is 0.345. The highest BCUT2D eigenvalue weighted by Gasteiger charge is 2.07. The molecule has 1 aromatic carbocycles. The molecule has 0 bridgehead atoms. The number of carbonyl (C=O) groups excluding carboxylic acids is 1. The van der Waals surface area contributed by atoms with Crippen LogP contribution in [0.3, 0.4) is 0 Å². The van der Waals surface area contributed by atoms with Crippen molar-refractivity contribution in [2.45, 2.75) is 13.5 Å². The summed E-state index contributed by atoms with van der Waals surface area (Å²) in [4.78, 5) is 15.9. The molecule has 110 valence electrons. The normalized spacial score (nSPS) is 10.4. The van der Waals surface area contributed by atoms with Crippen LogP contribution in [0.4, 0.5) is 5.82 Å². The third kappa shape index (κ3) is 3.38. The number of benzene rings is 1. The van der Waals surface area contributed by atoms with Crippen LogP contribution >= 0.6 is 0 Å². The number of amides is 1. The maximum absolute atomic E-state index is 12.0. The van der Waals surface area contributed by atoms with Gasteiger partial charge in [-0.1, -0.05) is 29.8 Å². The van der Waals surface area contributed by atoms with Crippen LogP contribution in [-0.2, 0) is 6.54 Å². The van der Waals surface area contributed by atoms with Crippen molar-refractivity contribution < 1.29 is 4.79 Å². The van der Waals surface area contributed by atoms with Crippen LogP contribution in [0.25, 0.3) is 0 Å². The average molecular weight is 292 g/mol. The molecule has 2 heterocycles. The molecule has 5 heteroatoms. The van der Waals surface area contributed by atoms with Crippen molar-refractivity contribution in [1.82, 2.24) is 14.8 Å². The molecule has 0 saturated heterocycles. The van der Waals surface area contributed by atoms with Crippen LogP contribution in [0.1, 0.15) is 21.5 Å². The Balaban J connectivity index is 1.68. The number of hydrogen-bond donors (Lipinski definition) is 1. The Morgan fingerprint density at radius 1 is 1.18 bits per heavy atom. The molecule has 22 heavy (non-hydrogen) atoms. The van der Waals surface area contributed by atoms with E-state index < -0.39 is 0 Å². The van der Waals surface area contributed by atoms with Gasteiger partial charge in [0.05, 0.1) is 6.54 Å². The van der Waals surface area contributed by atoms with Crippen LogP contribution in [0.5, 0.6) is 0 Å². The third-order valence-electron chi connectivity index (χ3n) is 3.25. The van der Waals surface area contributed by atoms with Gasteiger partial charge in [0.25, 0.3) is 5.91 Å². The fourth-order valence-corrected chi connectivity index (χ4v) is 2.21. The summed E-state index contributed by atoms with van der Waals surface area (Å²) in [6.07, 6.45) is 5.03. The number of carbonyl (C=O) groups is 1. The maximum Gasteiger partial charge on any atom is 0.256 e. The zero-order chi connectivity index (χ0) is 15.4. The first kappa shape index (κ1) is 14.0. The quantitative estimate of drug-likeness (QED) is 0.804.